The number of carbonyl (C=O) groups is 1. The lowest BCUT2D eigenvalue weighted by atomic mass is 10.0. The van der Waals surface area contributed by atoms with E-state index in [-0.39, 0.29) is 5.78 Å². The molecular formula is C15H18N2O. The summed E-state index contributed by atoms with van der Waals surface area (Å²) in [5.41, 5.74) is 2.28. The van der Waals surface area contributed by atoms with E-state index < -0.39 is 0 Å². The highest BCUT2D eigenvalue weighted by Crippen LogP contribution is 2.09. The van der Waals surface area contributed by atoms with Crippen molar-refractivity contribution in [3.05, 3.63) is 53.6 Å². The molecule has 0 unspecified atom stereocenters. The van der Waals surface area contributed by atoms with Gasteiger partial charge in [-0.25, -0.2) is 4.98 Å². The normalized spacial score (nSPS) is 10.6. The van der Waals surface area contributed by atoms with Crippen molar-refractivity contribution in [2.24, 2.45) is 0 Å². The van der Waals surface area contributed by atoms with Crippen molar-refractivity contribution in [3.63, 3.8) is 0 Å². The van der Waals surface area contributed by atoms with Crippen LogP contribution in [0, 0.1) is 6.92 Å². The van der Waals surface area contributed by atoms with E-state index in [0.29, 0.717) is 12.8 Å². The van der Waals surface area contributed by atoms with Crippen LogP contribution in [0.1, 0.15) is 23.9 Å². The van der Waals surface area contributed by atoms with Gasteiger partial charge in [0, 0.05) is 25.4 Å². The Hall–Kier alpha value is -1.90. The van der Waals surface area contributed by atoms with E-state index in [4.69, 9.17) is 0 Å². The molecule has 0 fully saturated rings. The minimum Gasteiger partial charge on any atom is -0.335 e. The van der Waals surface area contributed by atoms with Gasteiger partial charge in [0.25, 0.3) is 0 Å². The first-order valence-electron chi connectivity index (χ1n) is 6.27. The molecule has 1 heterocycles. The quantitative estimate of drug-likeness (QED) is 0.807. The van der Waals surface area contributed by atoms with Gasteiger partial charge in [0.1, 0.15) is 11.6 Å². The molecule has 0 saturated heterocycles. The van der Waals surface area contributed by atoms with E-state index in [0.717, 1.165) is 17.9 Å². The average molecular weight is 242 g/mol. The number of benzene rings is 1. The Bertz CT molecular complexity index is 543. The summed E-state index contributed by atoms with van der Waals surface area (Å²) < 4.78 is 2.01. The monoisotopic (exact) mass is 242 g/mol. The van der Waals surface area contributed by atoms with Crippen molar-refractivity contribution in [2.75, 3.05) is 0 Å². The van der Waals surface area contributed by atoms with Gasteiger partial charge in [-0.15, -0.1) is 0 Å². The van der Waals surface area contributed by atoms with E-state index >= 15 is 0 Å². The summed E-state index contributed by atoms with van der Waals surface area (Å²) in [6.45, 7) is 4.94. The summed E-state index contributed by atoms with van der Waals surface area (Å²) in [5, 5.41) is 0. The molecule has 2 aromatic rings. The minimum atomic E-state index is 0.213. The van der Waals surface area contributed by atoms with Crippen LogP contribution >= 0.6 is 0 Å². The van der Waals surface area contributed by atoms with Crippen LogP contribution in [0.3, 0.4) is 0 Å². The summed E-state index contributed by atoms with van der Waals surface area (Å²) in [4.78, 5) is 16.3. The van der Waals surface area contributed by atoms with Crippen molar-refractivity contribution in [1.82, 2.24) is 9.55 Å². The standard InChI is InChI=1S/C15H18N2O/c1-3-17-9-8-16-15(17)11-14(18)10-13-7-5-4-6-12(13)2/h4-9H,3,10-11H2,1-2H3. The summed E-state index contributed by atoms with van der Waals surface area (Å²) in [5.74, 6) is 1.07. The van der Waals surface area contributed by atoms with Gasteiger partial charge in [-0.2, -0.15) is 0 Å². The zero-order valence-electron chi connectivity index (χ0n) is 10.9. The lowest BCUT2D eigenvalue weighted by Crippen LogP contribution is -2.12. The molecule has 0 spiro atoms. The summed E-state index contributed by atoms with van der Waals surface area (Å²) in [6, 6.07) is 8.02. The predicted octanol–water partition coefficient (Wildman–Crippen LogP) is 2.57. The SMILES string of the molecule is CCn1ccnc1CC(=O)Cc1ccccc1C. The highest BCUT2D eigenvalue weighted by Gasteiger charge is 2.10. The van der Waals surface area contributed by atoms with Crippen molar-refractivity contribution in [2.45, 2.75) is 33.2 Å². The topological polar surface area (TPSA) is 34.9 Å². The number of ketones is 1. The first-order chi connectivity index (χ1) is 8.70. The molecule has 0 aliphatic heterocycles. The number of hydrogen-bond acceptors (Lipinski definition) is 2. The molecule has 0 amide bonds. The fraction of sp³-hybridized carbons (Fsp3) is 0.333. The van der Waals surface area contributed by atoms with Gasteiger partial charge in [0.05, 0.1) is 6.42 Å². The molecule has 94 valence electrons. The molecule has 0 atom stereocenters. The fourth-order valence-corrected chi connectivity index (χ4v) is 2.05. The second kappa shape index (κ2) is 5.63. The second-order valence-corrected chi connectivity index (χ2v) is 4.45. The largest absolute Gasteiger partial charge is 0.335 e. The molecule has 3 nitrogen and oxygen atoms in total. The van der Waals surface area contributed by atoms with E-state index in [2.05, 4.69) is 11.9 Å². The van der Waals surface area contributed by atoms with Crippen molar-refractivity contribution in [3.8, 4) is 0 Å². The van der Waals surface area contributed by atoms with Crippen LogP contribution in [-0.2, 0) is 24.2 Å². The van der Waals surface area contributed by atoms with Gasteiger partial charge >= 0.3 is 0 Å². The lowest BCUT2D eigenvalue weighted by molar-refractivity contribution is -0.117. The number of hydrogen-bond donors (Lipinski definition) is 0. The molecule has 3 heteroatoms. The van der Waals surface area contributed by atoms with Crippen LogP contribution in [0.2, 0.25) is 0 Å². The number of Topliss-reactive ketones (excluding diaryl/α,β-unsaturated/α-hetero) is 1. The predicted molar refractivity (Wildman–Crippen MR) is 71.5 cm³/mol. The van der Waals surface area contributed by atoms with E-state index in [9.17, 15) is 4.79 Å². The number of imidazole rings is 1. The Balaban J connectivity index is 2.04. The van der Waals surface area contributed by atoms with Gasteiger partial charge in [0.15, 0.2) is 0 Å². The molecule has 1 aromatic heterocycles. The van der Waals surface area contributed by atoms with Crippen LogP contribution < -0.4 is 0 Å². The molecule has 0 aliphatic rings. The lowest BCUT2D eigenvalue weighted by Gasteiger charge is -2.06. The summed E-state index contributed by atoms with van der Waals surface area (Å²) in [6.07, 6.45) is 4.56. The Morgan fingerprint density at radius 2 is 2.06 bits per heavy atom. The summed E-state index contributed by atoms with van der Waals surface area (Å²) >= 11 is 0. The van der Waals surface area contributed by atoms with E-state index in [1.807, 2.05) is 42.0 Å². The van der Waals surface area contributed by atoms with Crippen LogP contribution in [0.25, 0.3) is 0 Å². The Kier molecular flexibility index (Phi) is 3.92. The second-order valence-electron chi connectivity index (χ2n) is 4.45. The van der Waals surface area contributed by atoms with Crippen molar-refractivity contribution >= 4 is 5.78 Å². The zero-order valence-corrected chi connectivity index (χ0v) is 10.9. The first-order valence-corrected chi connectivity index (χ1v) is 6.27. The van der Waals surface area contributed by atoms with Gasteiger partial charge in [0.2, 0.25) is 0 Å². The molecule has 1 aromatic carbocycles. The number of rotatable bonds is 5. The maximum Gasteiger partial charge on any atom is 0.144 e. The highest BCUT2D eigenvalue weighted by molar-refractivity contribution is 5.82. The maximum absolute atomic E-state index is 12.0. The van der Waals surface area contributed by atoms with E-state index in [1.165, 1.54) is 5.56 Å². The third kappa shape index (κ3) is 2.86. The zero-order chi connectivity index (χ0) is 13.0. The molecule has 18 heavy (non-hydrogen) atoms. The molecular weight excluding hydrogens is 224 g/mol. The Labute approximate surface area is 107 Å². The number of aryl methyl sites for hydroxylation is 2. The number of carbonyl (C=O) groups excluding carboxylic acids is 1. The van der Waals surface area contributed by atoms with Gasteiger partial charge in [-0.3, -0.25) is 4.79 Å². The molecule has 0 saturated carbocycles. The maximum atomic E-state index is 12.0. The Morgan fingerprint density at radius 3 is 2.78 bits per heavy atom. The summed E-state index contributed by atoms with van der Waals surface area (Å²) in [7, 11) is 0. The third-order valence-electron chi connectivity index (χ3n) is 3.15. The third-order valence-corrected chi connectivity index (χ3v) is 3.15. The molecule has 0 N–H and O–H groups in total. The van der Waals surface area contributed by atoms with Crippen LogP contribution in [-0.4, -0.2) is 15.3 Å². The van der Waals surface area contributed by atoms with Crippen LogP contribution in [0.4, 0.5) is 0 Å². The van der Waals surface area contributed by atoms with E-state index in [1.54, 1.807) is 6.20 Å². The van der Waals surface area contributed by atoms with Crippen molar-refractivity contribution in [1.29, 1.82) is 0 Å². The molecule has 0 aliphatic carbocycles. The molecule has 0 radical (unpaired) electrons. The number of aromatic nitrogens is 2. The Morgan fingerprint density at radius 1 is 1.28 bits per heavy atom. The van der Waals surface area contributed by atoms with Gasteiger partial charge in [-0.05, 0) is 25.0 Å². The van der Waals surface area contributed by atoms with Crippen LogP contribution in [0.5, 0.6) is 0 Å². The van der Waals surface area contributed by atoms with Crippen molar-refractivity contribution < 1.29 is 4.79 Å². The minimum absolute atomic E-state index is 0.213. The highest BCUT2D eigenvalue weighted by atomic mass is 16.1. The fourth-order valence-electron chi connectivity index (χ4n) is 2.05. The number of nitrogens with zero attached hydrogens (tertiary/aromatic N) is 2. The molecule has 0 bridgehead atoms. The van der Waals surface area contributed by atoms with Crippen LogP contribution in [0.15, 0.2) is 36.7 Å². The first kappa shape index (κ1) is 12.6. The van der Waals surface area contributed by atoms with Gasteiger partial charge < -0.3 is 4.57 Å². The van der Waals surface area contributed by atoms with Gasteiger partial charge in [-0.1, -0.05) is 24.3 Å². The molecule has 2 rings (SSSR count). The smallest absolute Gasteiger partial charge is 0.144 e. The average Bonchev–Trinajstić information content (AvgIpc) is 2.79.